The van der Waals surface area contributed by atoms with Gasteiger partial charge in [-0.05, 0) is 45.1 Å². The van der Waals surface area contributed by atoms with Gasteiger partial charge in [-0.2, -0.15) is 0 Å². The first-order chi connectivity index (χ1) is 8.16. The summed E-state index contributed by atoms with van der Waals surface area (Å²) in [6.07, 6.45) is 6.07. The molecular weight excluding hydrogens is 214 g/mol. The molecule has 1 aliphatic carbocycles. The molecule has 1 aliphatic heterocycles. The molecule has 1 saturated carbocycles. The number of ketones is 1. The first-order valence-corrected chi connectivity index (χ1v) is 6.97. The Kier molecular flexibility index (Phi) is 4.57. The van der Waals surface area contributed by atoms with Gasteiger partial charge in [0.15, 0.2) is 5.78 Å². The predicted molar refractivity (Wildman–Crippen MR) is 68.0 cm³/mol. The average molecular weight is 239 g/mol. The highest BCUT2D eigenvalue weighted by molar-refractivity contribution is 5.83. The van der Waals surface area contributed by atoms with Crippen molar-refractivity contribution >= 4 is 5.78 Å². The number of hydrogen-bond donors (Lipinski definition) is 0. The van der Waals surface area contributed by atoms with E-state index in [0.29, 0.717) is 25.0 Å². The van der Waals surface area contributed by atoms with Crippen LogP contribution in [0.15, 0.2) is 0 Å². The molecule has 1 heterocycles. The van der Waals surface area contributed by atoms with Gasteiger partial charge in [0.2, 0.25) is 0 Å². The zero-order valence-electron chi connectivity index (χ0n) is 11.2. The third-order valence-corrected chi connectivity index (χ3v) is 4.40. The van der Waals surface area contributed by atoms with Gasteiger partial charge in [0.05, 0.1) is 13.2 Å². The fourth-order valence-corrected chi connectivity index (χ4v) is 2.98. The van der Waals surface area contributed by atoms with Crippen LogP contribution < -0.4 is 0 Å². The van der Waals surface area contributed by atoms with Gasteiger partial charge in [-0.1, -0.05) is 6.92 Å². The Bertz CT molecular complexity index is 253. The summed E-state index contributed by atoms with van der Waals surface area (Å²) in [6, 6.07) is 0.623. The molecule has 0 N–H and O–H groups in total. The molecule has 2 rings (SSSR count). The maximum Gasteiger partial charge on any atom is 0.152 e. The molecule has 1 atom stereocenters. The van der Waals surface area contributed by atoms with Crippen LogP contribution in [0.3, 0.4) is 0 Å². The van der Waals surface area contributed by atoms with E-state index in [4.69, 9.17) is 4.74 Å². The summed E-state index contributed by atoms with van der Waals surface area (Å²) in [4.78, 5) is 14.3. The van der Waals surface area contributed by atoms with Gasteiger partial charge < -0.3 is 4.74 Å². The number of hydrogen-bond acceptors (Lipinski definition) is 3. The quantitative estimate of drug-likeness (QED) is 0.752. The molecule has 0 radical (unpaired) electrons. The van der Waals surface area contributed by atoms with Gasteiger partial charge >= 0.3 is 0 Å². The van der Waals surface area contributed by atoms with E-state index in [1.807, 2.05) is 0 Å². The van der Waals surface area contributed by atoms with Gasteiger partial charge in [-0.3, -0.25) is 9.69 Å². The van der Waals surface area contributed by atoms with Crippen LogP contribution in [-0.2, 0) is 9.53 Å². The molecule has 17 heavy (non-hydrogen) atoms. The van der Waals surface area contributed by atoms with Crippen molar-refractivity contribution in [3.8, 4) is 0 Å². The Morgan fingerprint density at radius 3 is 2.53 bits per heavy atom. The van der Waals surface area contributed by atoms with E-state index >= 15 is 0 Å². The summed E-state index contributed by atoms with van der Waals surface area (Å²) in [5, 5.41) is 0. The molecule has 3 nitrogen and oxygen atoms in total. The number of likely N-dealkylation sites (N-methyl/N-ethyl adjacent to an activating group) is 1. The van der Waals surface area contributed by atoms with Crippen LogP contribution in [0.2, 0.25) is 0 Å². The lowest BCUT2D eigenvalue weighted by Gasteiger charge is -2.33. The van der Waals surface area contributed by atoms with Crippen molar-refractivity contribution in [2.75, 3.05) is 26.8 Å². The first-order valence-electron chi connectivity index (χ1n) is 6.97. The van der Waals surface area contributed by atoms with E-state index in [-0.39, 0.29) is 5.92 Å². The fourth-order valence-electron chi connectivity index (χ4n) is 2.98. The van der Waals surface area contributed by atoms with Crippen LogP contribution >= 0.6 is 0 Å². The smallest absolute Gasteiger partial charge is 0.152 e. The van der Waals surface area contributed by atoms with Gasteiger partial charge in [-0.15, -0.1) is 0 Å². The van der Waals surface area contributed by atoms with Crippen LogP contribution in [0.1, 0.15) is 39.0 Å². The number of carbonyl (C=O) groups excluding carboxylic acids is 1. The summed E-state index contributed by atoms with van der Waals surface area (Å²) in [5.74, 6) is 1.42. The van der Waals surface area contributed by atoms with E-state index in [9.17, 15) is 4.79 Å². The standard InChI is InChI=1S/C14H25NO2/c1-11-3-5-13(6-4-11)15(2)9-14(16)12-7-8-17-10-12/h11-13H,3-10H2,1-2H3. The van der Waals surface area contributed by atoms with Crippen LogP contribution in [0.25, 0.3) is 0 Å². The molecule has 0 amide bonds. The molecule has 0 bridgehead atoms. The Morgan fingerprint density at radius 1 is 1.24 bits per heavy atom. The van der Waals surface area contributed by atoms with E-state index < -0.39 is 0 Å². The molecule has 0 aromatic rings. The van der Waals surface area contributed by atoms with Gasteiger partial charge in [0.1, 0.15) is 0 Å². The average Bonchev–Trinajstić information content (AvgIpc) is 2.83. The highest BCUT2D eigenvalue weighted by Gasteiger charge is 2.27. The molecule has 0 aromatic heterocycles. The predicted octanol–water partition coefficient (Wildman–Crippen LogP) is 2.10. The Hall–Kier alpha value is -0.410. The minimum Gasteiger partial charge on any atom is -0.381 e. The molecule has 2 fully saturated rings. The van der Waals surface area contributed by atoms with Crippen molar-refractivity contribution < 1.29 is 9.53 Å². The molecular formula is C14H25NO2. The van der Waals surface area contributed by atoms with Crippen molar-refractivity contribution in [3.63, 3.8) is 0 Å². The highest BCUT2D eigenvalue weighted by Crippen LogP contribution is 2.26. The van der Waals surface area contributed by atoms with Gasteiger partial charge in [0, 0.05) is 18.6 Å². The number of rotatable bonds is 4. The molecule has 0 aromatic carbocycles. The van der Waals surface area contributed by atoms with Crippen molar-refractivity contribution in [1.29, 1.82) is 0 Å². The molecule has 98 valence electrons. The minimum absolute atomic E-state index is 0.167. The highest BCUT2D eigenvalue weighted by atomic mass is 16.5. The SMILES string of the molecule is CC1CCC(N(C)CC(=O)C2CCOC2)CC1. The first kappa shape index (κ1) is 13.0. The second-order valence-electron chi connectivity index (χ2n) is 5.86. The number of carbonyl (C=O) groups is 1. The third kappa shape index (κ3) is 3.52. The summed E-state index contributed by atoms with van der Waals surface area (Å²) >= 11 is 0. The number of ether oxygens (including phenoxy) is 1. The number of nitrogens with zero attached hydrogens (tertiary/aromatic N) is 1. The minimum atomic E-state index is 0.167. The zero-order chi connectivity index (χ0) is 12.3. The zero-order valence-corrected chi connectivity index (χ0v) is 11.2. The topological polar surface area (TPSA) is 29.5 Å². The maximum atomic E-state index is 12.0. The van der Waals surface area contributed by atoms with Crippen LogP contribution in [0.4, 0.5) is 0 Å². The summed E-state index contributed by atoms with van der Waals surface area (Å²) < 4.78 is 5.28. The van der Waals surface area contributed by atoms with Gasteiger partial charge in [0.25, 0.3) is 0 Å². The van der Waals surface area contributed by atoms with Crippen molar-refractivity contribution in [1.82, 2.24) is 4.90 Å². The lowest BCUT2D eigenvalue weighted by atomic mass is 9.86. The van der Waals surface area contributed by atoms with E-state index in [1.54, 1.807) is 0 Å². The fraction of sp³-hybridized carbons (Fsp3) is 0.929. The molecule has 3 heteroatoms. The Labute approximate surface area is 105 Å². The van der Waals surface area contributed by atoms with Crippen LogP contribution in [-0.4, -0.2) is 43.5 Å². The molecule has 2 aliphatic rings. The Balaban J connectivity index is 1.76. The second-order valence-corrected chi connectivity index (χ2v) is 5.86. The van der Waals surface area contributed by atoms with E-state index in [2.05, 4.69) is 18.9 Å². The van der Waals surface area contributed by atoms with E-state index in [0.717, 1.165) is 18.9 Å². The van der Waals surface area contributed by atoms with Crippen molar-refractivity contribution in [2.24, 2.45) is 11.8 Å². The number of Topliss-reactive ketones (excluding diaryl/α,β-unsaturated/α-hetero) is 1. The summed E-state index contributed by atoms with van der Waals surface area (Å²) in [7, 11) is 2.11. The lowest BCUT2D eigenvalue weighted by Crippen LogP contribution is -2.39. The van der Waals surface area contributed by atoms with Crippen molar-refractivity contribution in [3.05, 3.63) is 0 Å². The van der Waals surface area contributed by atoms with Crippen molar-refractivity contribution in [2.45, 2.75) is 45.1 Å². The lowest BCUT2D eigenvalue weighted by molar-refractivity contribution is -0.124. The second kappa shape index (κ2) is 5.96. The third-order valence-electron chi connectivity index (χ3n) is 4.40. The molecule has 1 unspecified atom stereocenters. The largest absolute Gasteiger partial charge is 0.381 e. The molecule has 1 saturated heterocycles. The van der Waals surface area contributed by atoms with E-state index in [1.165, 1.54) is 25.7 Å². The van der Waals surface area contributed by atoms with Gasteiger partial charge in [-0.25, -0.2) is 0 Å². The maximum absolute atomic E-state index is 12.0. The normalized spacial score (nSPS) is 34.2. The van der Waals surface area contributed by atoms with Crippen LogP contribution in [0, 0.1) is 11.8 Å². The molecule has 0 spiro atoms. The monoisotopic (exact) mass is 239 g/mol. The summed E-state index contributed by atoms with van der Waals surface area (Å²) in [6.45, 7) is 4.36. The summed E-state index contributed by atoms with van der Waals surface area (Å²) in [5.41, 5.74) is 0. The Morgan fingerprint density at radius 2 is 1.94 bits per heavy atom. The van der Waals surface area contributed by atoms with Crippen LogP contribution in [0.5, 0.6) is 0 Å².